The molecule has 0 unspecified atom stereocenters. The molecule has 0 bridgehead atoms. The van der Waals surface area contributed by atoms with Crippen molar-refractivity contribution in [2.24, 2.45) is 0 Å². The van der Waals surface area contributed by atoms with Crippen LogP contribution in [0.5, 0.6) is 0 Å². The van der Waals surface area contributed by atoms with Gasteiger partial charge in [0, 0.05) is 33.1 Å². The second-order valence-corrected chi connectivity index (χ2v) is 12.3. The summed E-state index contributed by atoms with van der Waals surface area (Å²) in [6.45, 7) is 0. The minimum Gasteiger partial charge on any atom is -0.309 e. The summed E-state index contributed by atoms with van der Waals surface area (Å²) in [6.07, 6.45) is 6.54. The lowest BCUT2D eigenvalue weighted by Gasteiger charge is -2.17. The van der Waals surface area contributed by atoms with Crippen LogP contribution in [0.15, 0.2) is 140 Å². The van der Waals surface area contributed by atoms with Gasteiger partial charge in [0.2, 0.25) is 0 Å². The van der Waals surface area contributed by atoms with Gasteiger partial charge in [-0.1, -0.05) is 84.9 Å². The molecule has 8 aromatic rings. The average molecular weight is 613 g/mol. The van der Waals surface area contributed by atoms with Crippen LogP contribution >= 0.6 is 0 Å². The Bertz CT molecular complexity index is 2650. The van der Waals surface area contributed by atoms with Crippen LogP contribution in [0.2, 0.25) is 0 Å². The lowest BCUT2D eigenvalue weighted by Crippen LogP contribution is -2.02. The first kappa shape index (κ1) is 27.7. The zero-order chi connectivity index (χ0) is 32.2. The molecule has 0 spiro atoms. The Morgan fingerprint density at radius 3 is 1.88 bits per heavy atom. The third-order valence-electron chi connectivity index (χ3n) is 9.65. The molecule has 1 aliphatic rings. The van der Waals surface area contributed by atoms with Gasteiger partial charge in [-0.2, -0.15) is 10.5 Å². The molecule has 0 amide bonds. The van der Waals surface area contributed by atoms with Crippen LogP contribution in [-0.4, -0.2) is 9.13 Å². The summed E-state index contributed by atoms with van der Waals surface area (Å²) in [5, 5.41) is 24.3. The lowest BCUT2D eigenvalue weighted by atomic mass is 9.93. The van der Waals surface area contributed by atoms with Crippen LogP contribution in [0.3, 0.4) is 0 Å². The van der Waals surface area contributed by atoms with Crippen molar-refractivity contribution in [3.05, 3.63) is 162 Å². The van der Waals surface area contributed by atoms with Crippen molar-refractivity contribution in [2.75, 3.05) is 0 Å². The zero-order valence-corrected chi connectivity index (χ0v) is 26.1. The van der Waals surface area contributed by atoms with Crippen LogP contribution < -0.4 is 0 Å². The molecule has 0 N–H and O–H groups in total. The summed E-state index contributed by atoms with van der Waals surface area (Å²) in [7, 11) is 0. The first-order chi connectivity index (χ1) is 23.7. The fourth-order valence-corrected chi connectivity index (χ4v) is 7.58. The fraction of sp³-hybridized carbons (Fsp3) is 0.0455. The van der Waals surface area contributed by atoms with E-state index in [0.29, 0.717) is 11.1 Å². The molecule has 0 radical (unpaired) electrons. The molecule has 4 nitrogen and oxygen atoms in total. The monoisotopic (exact) mass is 612 g/mol. The number of nitrogens with zero attached hydrogens (tertiary/aromatic N) is 4. The van der Waals surface area contributed by atoms with Crippen molar-refractivity contribution in [3.8, 4) is 45.8 Å². The molecule has 4 heteroatoms. The maximum atomic E-state index is 10.5. The summed E-state index contributed by atoms with van der Waals surface area (Å²) in [5.41, 5.74) is 12.6. The normalized spacial score (nSPS) is 12.3. The number of rotatable bonds is 4. The van der Waals surface area contributed by atoms with Crippen molar-refractivity contribution in [3.63, 3.8) is 0 Å². The first-order valence-electron chi connectivity index (χ1n) is 16.2. The molecule has 48 heavy (non-hydrogen) atoms. The van der Waals surface area contributed by atoms with Gasteiger partial charge in [-0.05, 0) is 95.8 Å². The summed E-state index contributed by atoms with van der Waals surface area (Å²) >= 11 is 0. The molecule has 224 valence electrons. The Labute approximate surface area is 278 Å². The smallest absolute Gasteiger partial charge is 0.0998 e. The summed E-state index contributed by atoms with van der Waals surface area (Å²) in [6, 6.07) is 50.6. The van der Waals surface area contributed by atoms with Gasteiger partial charge in [0.05, 0.1) is 45.5 Å². The molecule has 6 aromatic carbocycles. The zero-order valence-electron chi connectivity index (χ0n) is 26.1. The third kappa shape index (κ3) is 4.21. The highest BCUT2D eigenvalue weighted by atomic mass is 15.0. The predicted octanol–water partition coefficient (Wildman–Crippen LogP) is 10.8. The maximum absolute atomic E-state index is 10.5. The molecule has 9 rings (SSSR count). The quantitative estimate of drug-likeness (QED) is 0.199. The first-order valence-corrected chi connectivity index (χ1v) is 16.2. The third-order valence-corrected chi connectivity index (χ3v) is 9.65. The molecular weight excluding hydrogens is 585 g/mol. The minimum absolute atomic E-state index is 0.548. The molecule has 0 saturated carbocycles. The molecule has 0 atom stereocenters. The second kappa shape index (κ2) is 11.0. The van der Waals surface area contributed by atoms with E-state index in [4.69, 9.17) is 0 Å². The van der Waals surface area contributed by atoms with E-state index in [-0.39, 0.29) is 0 Å². The Kier molecular flexibility index (Phi) is 6.35. The van der Waals surface area contributed by atoms with Crippen LogP contribution in [-0.2, 0) is 6.42 Å². The van der Waals surface area contributed by atoms with Crippen LogP contribution in [0.25, 0.3) is 72.4 Å². The number of aromatic nitrogens is 2. The molecule has 0 fully saturated rings. The fourth-order valence-electron chi connectivity index (χ4n) is 7.58. The van der Waals surface area contributed by atoms with Crippen molar-refractivity contribution in [1.29, 1.82) is 10.5 Å². The second-order valence-electron chi connectivity index (χ2n) is 12.3. The molecule has 0 aliphatic heterocycles. The van der Waals surface area contributed by atoms with E-state index in [2.05, 4.69) is 124 Å². The van der Waals surface area contributed by atoms with Crippen LogP contribution in [0, 0.1) is 22.7 Å². The Balaban J connectivity index is 1.22. The van der Waals surface area contributed by atoms with Crippen molar-refractivity contribution in [2.45, 2.75) is 12.8 Å². The highest BCUT2D eigenvalue weighted by molar-refractivity contribution is 6.09. The van der Waals surface area contributed by atoms with Gasteiger partial charge in [-0.3, -0.25) is 0 Å². The summed E-state index contributed by atoms with van der Waals surface area (Å²) in [5.74, 6) is 0. The van der Waals surface area contributed by atoms with E-state index in [1.54, 1.807) is 0 Å². The number of para-hydroxylation sites is 4. The van der Waals surface area contributed by atoms with Gasteiger partial charge in [0.25, 0.3) is 0 Å². The van der Waals surface area contributed by atoms with Gasteiger partial charge in [-0.25, -0.2) is 0 Å². The van der Waals surface area contributed by atoms with E-state index in [1.807, 2.05) is 42.5 Å². The van der Waals surface area contributed by atoms with Gasteiger partial charge in [-0.15, -0.1) is 0 Å². The van der Waals surface area contributed by atoms with E-state index < -0.39 is 0 Å². The van der Waals surface area contributed by atoms with Crippen LogP contribution in [0.1, 0.15) is 28.8 Å². The largest absolute Gasteiger partial charge is 0.309 e. The minimum atomic E-state index is 0.548. The molecule has 1 aliphatic carbocycles. The number of hydrogen-bond donors (Lipinski definition) is 0. The number of nitriles is 2. The number of hydrogen-bond acceptors (Lipinski definition) is 2. The predicted molar refractivity (Wildman–Crippen MR) is 195 cm³/mol. The molecular formula is C44H28N4. The van der Waals surface area contributed by atoms with Gasteiger partial charge < -0.3 is 9.13 Å². The SMILES string of the molecule is N#Cc1cc(-c2ccc(-n3c4ccccc4c4ccccc43)cc2C#N)cc(-c2ccccc2-n2c3c(c4ccccc42)CCC=C3)c1. The highest BCUT2D eigenvalue weighted by Gasteiger charge is 2.21. The van der Waals surface area contributed by atoms with Crippen molar-refractivity contribution in [1.82, 2.24) is 9.13 Å². The Morgan fingerprint density at radius 1 is 0.542 bits per heavy atom. The lowest BCUT2D eigenvalue weighted by molar-refractivity contribution is 0.968. The summed E-state index contributed by atoms with van der Waals surface area (Å²) in [4.78, 5) is 0. The Morgan fingerprint density at radius 2 is 1.17 bits per heavy atom. The van der Waals surface area contributed by atoms with E-state index in [9.17, 15) is 10.5 Å². The van der Waals surface area contributed by atoms with Crippen LogP contribution in [0.4, 0.5) is 0 Å². The average Bonchev–Trinajstić information content (AvgIpc) is 3.67. The van der Waals surface area contributed by atoms with Gasteiger partial charge in [0.1, 0.15) is 0 Å². The van der Waals surface area contributed by atoms with Gasteiger partial charge in [0.15, 0.2) is 0 Å². The molecule has 2 aromatic heterocycles. The van der Waals surface area contributed by atoms with Gasteiger partial charge >= 0.3 is 0 Å². The number of benzene rings is 6. The number of aryl methyl sites for hydroxylation is 1. The molecule has 0 saturated heterocycles. The van der Waals surface area contributed by atoms with Crippen molar-refractivity contribution >= 4 is 38.8 Å². The number of allylic oxidation sites excluding steroid dienone is 1. The van der Waals surface area contributed by atoms with E-state index >= 15 is 0 Å². The number of fused-ring (bicyclic) bond motifs is 6. The highest BCUT2D eigenvalue weighted by Crippen LogP contribution is 2.39. The van der Waals surface area contributed by atoms with E-state index in [0.717, 1.165) is 57.5 Å². The summed E-state index contributed by atoms with van der Waals surface area (Å²) < 4.78 is 4.58. The molecule has 2 heterocycles. The maximum Gasteiger partial charge on any atom is 0.0998 e. The standard InChI is InChI=1S/C44H28N4/c45-27-29-23-30(34-22-21-33(26-32(34)28-46)47-41-17-7-2-12-36(41)37-13-3-8-18-42(37)47)25-31(24-29)35-11-1-6-16-40(35)48-43-19-9-4-14-38(43)39-15-5-10-20-44(39)48/h1-4,6-14,16-26H,5,15H2. The van der Waals surface area contributed by atoms with E-state index in [1.165, 1.54) is 32.9 Å². The van der Waals surface area contributed by atoms with Crippen molar-refractivity contribution < 1.29 is 0 Å². The topological polar surface area (TPSA) is 57.4 Å². The Hall–Kier alpha value is -6.62.